The number of ether oxygens (including phenoxy) is 1. The number of hydrogen-bond donors (Lipinski definition) is 0. The van der Waals surface area contributed by atoms with Crippen molar-refractivity contribution in [1.29, 1.82) is 0 Å². The van der Waals surface area contributed by atoms with Crippen molar-refractivity contribution in [2.24, 2.45) is 0 Å². The van der Waals surface area contributed by atoms with Crippen molar-refractivity contribution in [2.45, 2.75) is 20.0 Å². The first kappa shape index (κ1) is 13.4. The van der Waals surface area contributed by atoms with Gasteiger partial charge in [-0.05, 0) is 13.8 Å². The van der Waals surface area contributed by atoms with E-state index in [0.29, 0.717) is 5.57 Å². The second-order valence-corrected chi connectivity index (χ2v) is 3.33. The minimum absolute atomic E-state index is 0.177. The summed E-state index contributed by atoms with van der Waals surface area (Å²) >= 11 is 0. The summed E-state index contributed by atoms with van der Waals surface area (Å²) in [5.74, 6) is -1.15. The number of nitrogens with zero attached hydrogens (tertiary/aromatic N) is 1. The molecule has 0 N–H and O–H groups in total. The van der Waals surface area contributed by atoms with Crippen LogP contribution in [0, 0.1) is 0 Å². The van der Waals surface area contributed by atoms with Crippen LogP contribution in [0.1, 0.15) is 13.8 Å². The molecule has 0 aliphatic carbocycles. The Morgan fingerprint density at radius 3 is 2.47 bits per heavy atom. The van der Waals surface area contributed by atoms with Crippen LogP contribution < -0.4 is 0 Å². The SMILES string of the molecule is C=C(C)C(=O)OC(C)CN(C)C(=O)C=O. The molecule has 0 saturated heterocycles. The third-order valence-electron chi connectivity index (χ3n) is 1.66. The molecule has 0 heterocycles. The van der Waals surface area contributed by atoms with Crippen LogP contribution >= 0.6 is 0 Å². The lowest BCUT2D eigenvalue weighted by Gasteiger charge is -2.19. The lowest BCUT2D eigenvalue weighted by Crippen LogP contribution is -2.35. The number of rotatable bonds is 5. The van der Waals surface area contributed by atoms with E-state index in [1.165, 1.54) is 18.9 Å². The van der Waals surface area contributed by atoms with Gasteiger partial charge in [0.1, 0.15) is 6.10 Å². The summed E-state index contributed by atoms with van der Waals surface area (Å²) in [6.07, 6.45) is -0.254. The molecule has 0 rings (SSSR count). The maximum Gasteiger partial charge on any atom is 0.333 e. The number of likely N-dealkylation sites (N-methyl/N-ethyl adjacent to an activating group) is 1. The number of amides is 1. The smallest absolute Gasteiger partial charge is 0.333 e. The van der Waals surface area contributed by atoms with Crippen LogP contribution in [0.4, 0.5) is 0 Å². The van der Waals surface area contributed by atoms with Crippen LogP contribution in [0.25, 0.3) is 0 Å². The van der Waals surface area contributed by atoms with Gasteiger partial charge in [0.2, 0.25) is 6.29 Å². The van der Waals surface area contributed by atoms with E-state index in [-0.39, 0.29) is 12.8 Å². The first-order valence-electron chi connectivity index (χ1n) is 4.45. The first-order chi connectivity index (χ1) is 6.88. The normalized spacial score (nSPS) is 11.4. The maximum absolute atomic E-state index is 11.1. The van der Waals surface area contributed by atoms with Crippen LogP contribution in [0.3, 0.4) is 0 Å². The summed E-state index contributed by atoms with van der Waals surface area (Å²) in [4.78, 5) is 33.3. The molecule has 0 aromatic heterocycles. The summed E-state index contributed by atoms with van der Waals surface area (Å²) in [7, 11) is 1.46. The molecule has 0 radical (unpaired) electrons. The van der Waals surface area contributed by atoms with Gasteiger partial charge in [0.25, 0.3) is 5.91 Å². The third kappa shape index (κ3) is 4.95. The number of aldehydes is 1. The van der Waals surface area contributed by atoms with E-state index in [1.807, 2.05) is 0 Å². The van der Waals surface area contributed by atoms with Gasteiger partial charge in [-0.25, -0.2) is 4.79 Å². The molecule has 5 heteroatoms. The zero-order valence-electron chi connectivity index (χ0n) is 9.15. The fraction of sp³-hybridized carbons (Fsp3) is 0.500. The van der Waals surface area contributed by atoms with Gasteiger partial charge >= 0.3 is 5.97 Å². The van der Waals surface area contributed by atoms with E-state index in [2.05, 4.69) is 6.58 Å². The molecule has 0 spiro atoms. The fourth-order valence-electron chi connectivity index (χ4n) is 0.886. The molecular formula is C10H15NO4. The predicted molar refractivity (Wildman–Crippen MR) is 54.1 cm³/mol. The average Bonchev–Trinajstić information content (AvgIpc) is 2.15. The monoisotopic (exact) mass is 213 g/mol. The van der Waals surface area contributed by atoms with E-state index in [4.69, 9.17) is 4.74 Å². The summed E-state index contributed by atoms with van der Waals surface area (Å²) in [6, 6.07) is 0. The third-order valence-corrected chi connectivity index (χ3v) is 1.66. The summed E-state index contributed by atoms with van der Waals surface area (Å²) < 4.78 is 4.93. The molecule has 0 bridgehead atoms. The van der Waals surface area contributed by atoms with Crippen LogP contribution in [-0.4, -0.2) is 42.8 Å². The van der Waals surface area contributed by atoms with Crippen molar-refractivity contribution in [3.63, 3.8) is 0 Å². The number of carbonyl (C=O) groups is 3. The van der Waals surface area contributed by atoms with E-state index in [9.17, 15) is 14.4 Å². The Kier molecular flexibility index (Phi) is 5.30. The molecule has 0 fully saturated rings. The second kappa shape index (κ2) is 5.95. The molecule has 0 aromatic carbocycles. The average molecular weight is 213 g/mol. The molecule has 1 unspecified atom stereocenters. The van der Waals surface area contributed by atoms with E-state index >= 15 is 0 Å². The van der Waals surface area contributed by atoms with Crippen molar-refractivity contribution in [2.75, 3.05) is 13.6 Å². The number of esters is 1. The topological polar surface area (TPSA) is 63.7 Å². The molecule has 15 heavy (non-hydrogen) atoms. The highest BCUT2D eigenvalue weighted by Crippen LogP contribution is 1.99. The van der Waals surface area contributed by atoms with Gasteiger partial charge in [-0.3, -0.25) is 9.59 Å². The van der Waals surface area contributed by atoms with Crippen LogP contribution in [0.2, 0.25) is 0 Å². The largest absolute Gasteiger partial charge is 0.457 e. The van der Waals surface area contributed by atoms with Crippen LogP contribution in [0.15, 0.2) is 12.2 Å². The Hall–Kier alpha value is -1.65. The Bertz CT molecular complexity index is 285. The minimum atomic E-state index is -0.645. The second-order valence-electron chi connectivity index (χ2n) is 3.33. The molecule has 1 atom stereocenters. The van der Waals surface area contributed by atoms with Crippen molar-refractivity contribution < 1.29 is 19.1 Å². The Morgan fingerprint density at radius 2 is 2.07 bits per heavy atom. The highest BCUT2D eigenvalue weighted by molar-refractivity contribution is 6.23. The lowest BCUT2D eigenvalue weighted by atomic mass is 10.3. The highest BCUT2D eigenvalue weighted by Gasteiger charge is 2.15. The minimum Gasteiger partial charge on any atom is -0.457 e. The number of carbonyl (C=O) groups excluding carboxylic acids is 3. The van der Waals surface area contributed by atoms with Crippen LogP contribution in [-0.2, 0) is 19.1 Å². The van der Waals surface area contributed by atoms with Crippen molar-refractivity contribution in [3.8, 4) is 0 Å². The van der Waals surface area contributed by atoms with Gasteiger partial charge in [0.15, 0.2) is 0 Å². The molecule has 0 saturated carbocycles. The first-order valence-corrected chi connectivity index (χ1v) is 4.45. The molecule has 84 valence electrons. The van der Waals surface area contributed by atoms with Gasteiger partial charge in [-0.1, -0.05) is 6.58 Å². The molecule has 0 aliphatic heterocycles. The molecule has 0 aromatic rings. The van der Waals surface area contributed by atoms with Crippen molar-refractivity contribution in [1.82, 2.24) is 4.90 Å². The molecule has 1 amide bonds. The highest BCUT2D eigenvalue weighted by atomic mass is 16.5. The Morgan fingerprint density at radius 1 is 1.53 bits per heavy atom. The van der Waals surface area contributed by atoms with Gasteiger partial charge < -0.3 is 9.64 Å². The van der Waals surface area contributed by atoms with Gasteiger partial charge in [-0.2, -0.15) is 0 Å². The maximum atomic E-state index is 11.1. The fourth-order valence-corrected chi connectivity index (χ4v) is 0.886. The van der Waals surface area contributed by atoms with E-state index in [0.717, 1.165) is 0 Å². The number of hydrogen-bond acceptors (Lipinski definition) is 4. The summed E-state index contributed by atoms with van der Waals surface area (Å²) in [6.45, 7) is 6.78. The molecule has 5 nitrogen and oxygen atoms in total. The van der Waals surface area contributed by atoms with E-state index in [1.54, 1.807) is 6.92 Å². The molecule has 0 aliphatic rings. The quantitative estimate of drug-likeness (QED) is 0.282. The standard InChI is InChI=1S/C10H15NO4/c1-7(2)10(14)15-8(3)5-11(4)9(13)6-12/h6,8H,1,5H2,2-4H3. The van der Waals surface area contributed by atoms with Crippen LogP contribution in [0.5, 0.6) is 0 Å². The van der Waals surface area contributed by atoms with Crippen molar-refractivity contribution >= 4 is 18.2 Å². The predicted octanol–water partition coefficient (Wildman–Crippen LogP) is 0.151. The Labute approximate surface area is 88.7 Å². The lowest BCUT2D eigenvalue weighted by molar-refractivity contribution is -0.147. The van der Waals surface area contributed by atoms with E-state index < -0.39 is 18.0 Å². The van der Waals surface area contributed by atoms with Gasteiger partial charge in [-0.15, -0.1) is 0 Å². The van der Waals surface area contributed by atoms with Crippen molar-refractivity contribution in [3.05, 3.63) is 12.2 Å². The Balaban J connectivity index is 4.09. The zero-order chi connectivity index (χ0) is 12.0. The molecular weight excluding hydrogens is 198 g/mol. The van der Waals surface area contributed by atoms with Gasteiger partial charge in [0.05, 0.1) is 6.54 Å². The van der Waals surface area contributed by atoms with Gasteiger partial charge in [0, 0.05) is 12.6 Å². The zero-order valence-corrected chi connectivity index (χ0v) is 9.15. The summed E-state index contributed by atoms with van der Waals surface area (Å²) in [5, 5.41) is 0. The summed E-state index contributed by atoms with van der Waals surface area (Å²) in [5.41, 5.74) is 0.297.